The molecule has 2 atom stereocenters. The van der Waals surface area contributed by atoms with Crippen molar-refractivity contribution >= 4 is 11.8 Å². The van der Waals surface area contributed by atoms with Gasteiger partial charge in [-0.05, 0) is 36.6 Å². The van der Waals surface area contributed by atoms with E-state index in [1.54, 1.807) is 23.9 Å². The minimum absolute atomic E-state index is 0.301. The molecule has 0 heterocycles. The number of phenolic OH excluding ortho intramolecular Hbond substituents is 1. The summed E-state index contributed by atoms with van der Waals surface area (Å²) in [6.45, 7) is 0.301. The summed E-state index contributed by atoms with van der Waals surface area (Å²) in [5, 5.41) is 18.5. The van der Waals surface area contributed by atoms with E-state index in [-0.39, 0.29) is 0 Å². The number of rotatable bonds is 3. The van der Waals surface area contributed by atoms with Crippen LogP contribution >= 0.6 is 11.8 Å². The van der Waals surface area contributed by atoms with Gasteiger partial charge in [-0.25, -0.2) is 0 Å². The van der Waals surface area contributed by atoms with Crippen LogP contribution < -0.4 is 0 Å². The van der Waals surface area contributed by atoms with Gasteiger partial charge in [0, 0.05) is 16.8 Å². The van der Waals surface area contributed by atoms with Crippen LogP contribution in [0.1, 0.15) is 6.42 Å². The SMILES string of the molecule is OCC1CC1Sc1ccc(O)cc1. The summed E-state index contributed by atoms with van der Waals surface area (Å²) < 4.78 is 0. The Bertz CT molecular complexity index is 283. The molecule has 1 aromatic carbocycles. The Balaban J connectivity index is 1.92. The monoisotopic (exact) mass is 196 g/mol. The van der Waals surface area contributed by atoms with Crippen LogP contribution in [0.3, 0.4) is 0 Å². The Morgan fingerprint density at radius 2 is 2.00 bits per heavy atom. The Kier molecular flexibility index (Phi) is 2.47. The molecular formula is C10H12O2S. The molecule has 0 aliphatic heterocycles. The number of aliphatic hydroxyl groups is 1. The molecule has 1 aliphatic rings. The van der Waals surface area contributed by atoms with E-state index >= 15 is 0 Å². The van der Waals surface area contributed by atoms with E-state index in [0.717, 1.165) is 6.42 Å². The minimum atomic E-state index is 0.301. The summed E-state index contributed by atoms with van der Waals surface area (Å²) in [7, 11) is 0. The number of hydrogen-bond acceptors (Lipinski definition) is 3. The third kappa shape index (κ3) is 2.17. The fraction of sp³-hybridized carbons (Fsp3) is 0.400. The molecule has 2 unspecified atom stereocenters. The van der Waals surface area contributed by atoms with Gasteiger partial charge in [-0.2, -0.15) is 0 Å². The molecule has 0 spiro atoms. The largest absolute Gasteiger partial charge is 0.508 e. The molecule has 0 bridgehead atoms. The van der Waals surface area contributed by atoms with Crippen LogP contribution in [0.2, 0.25) is 0 Å². The number of aliphatic hydroxyl groups excluding tert-OH is 1. The first-order valence-electron chi connectivity index (χ1n) is 4.36. The van der Waals surface area contributed by atoms with Gasteiger partial charge in [-0.15, -0.1) is 11.8 Å². The van der Waals surface area contributed by atoms with Crippen molar-refractivity contribution < 1.29 is 10.2 Å². The first-order valence-corrected chi connectivity index (χ1v) is 5.24. The molecule has 2 nitrogen and oxygen atoms in total. The van der Waals surface area contributed by atoms with Gasteiger partial charge in [0.1, 0.15) is 5.75 Å². The Labute approximate surface area is 81.6 Å². The molecule has 0 amide bonds. The summed E-state index contributed by atoms with van der Waals surface area (Å²) in [5.74, 6) is 0.789. The highest BCUT2D eigenvalue weighted by molar-refractivity contribution is 8.00. The van der Waals surface area contributed by atoms with Crippen LogP contribution in [0.5, 0.6) is 5.75 Å². The second-order valence-corrected chi connectivity index (χ2v) is 4.64. The van der Waals surface area contributed by atoms with Crippen molar-refractivity contribution in [2.24, 2.45) is 5.92 Å². The maximum atomic E-state index is 9.06. The zero-order chi connectivity index (χ0) is 9.26. The number of aromatic hydroxyl groups is 1. The topological polar surface area (TPSA) is 40.5 Å². The lowest BCUT2D eigenvalue weighted by Crippen LogP contribution is -1.88. The summed E-state index contributed by atoms with van der Waals surface area (Å²) >= 11 is 1.78. The maximum Gasteiger partial charge on any atom is 0.115 e. The van der Waals surface area contributed by atoms with Gasteiger partial charge in [-0.3, -0.25) is 0 Å². The summed E-state index contributed by atoms with van der Waals surface area (Å²) in [4.78, 5) is 1.17. The van der Waals surface area contributed by atoms with Crippen LogP contribution in [0.4, 0.5) is 0 Å². The van der Waals surface area contributed by atoms with E-state index in [9.17, 15) is 0 Å². The van der Waals surface area contributed by atoms with Crippen LogP contribution in [0, 0.1) is 5.92 Å². The van der Waals surface area contributed by atoms with E-state index in [1.807, 2.05) is 12.1 Å². The predicted octanol–water partition coefficient (Wildman–Crippen LogP) is 1.87. The lowest BCUT2D eigenvalue weighted by molar-refractivity contribution is 0.277. The molecule has 1 fully saturated rings. The molecule has 1 aromatic rings. The second-order valence-electron chi connectivity index (χ2n) is 3.33. The van der Waals surface area contributed by atoms with Crippen LogP contribution in [-0.2, 0) is 0 Å². The van der Waals surface area contributed by atoms with Gasteiger partial charge < -0.3 is 10.2 Å². The second kappa shape index (κ2) is 3.60. The molecule has 2 N–H and O–H groups in total. The number of thioether (sulfide) groups is 1. The number of hydrogen-bond donors (Lipinski definition) is 2. The Hall–Kier alpha value is -0.670. The van der Waals surface area contributed by atoms with Gasteiger partial charge in [-0.1, -0.05) is 0 Å². The van der Waals surface area contributed by atoms with Crippen molar-refractivity contribution in [3.05, 3.63) is 24.3 Å². The first-order chi connectivity index (χ1) is 6.29. The molecule has 13 heavy (non-hydrogen) atoms. The molecular weight excluding hydrogens is 184 g/mol. The number of phenols is 1. The van der Waals surface area contributed by atoms with Gasteiger partial charge in [0.2, 0.25) is 0 Å². The number of benzene rings is 1. The van der Waals surface area contributed by atoms with E-state index in [2.05, 4.69) is 0 Å². The van der Waals surface area contributed by atoms with Gasteiger partial charge in [0.25, 0.3) is 0 Å². The molecule has 3 heteroatoms. The zero-order valence-corrected chi connectivity index (χ0v) is 8.00. The maximum absolute atomic E-state index is 9.06. The smallest absolute Gasteiger partial charge is 0.115 e. The van der Waals surface area contributed by atoms with E-state index in [0.29, 0.717) is 23.5 Å². The van der Waals surface area contributed by atoms with Crippen LogP contribution in [0.15, 0.2) is 29.2 Å². The van der Waals surface area contributed by atoms with Crippen LogP contribution in [-0.4, -0.2) is 22.1 Å². The first kappa shape index (κ1) is 8.91. The van der Waals surface area contributed by atoms with Gasteiger partial charge in [0.15, 0.2) is 0 Å². The third-order valence-corrected chi connectivity index (χ3v) is 3.64. The normalized spacial score (nSPS) is 25.9. The summed E-state index contributed by atoms with van der Waals surface area (Å²) in [5.41, 5.74) is 0. The minimum Gasteiger partial charge on any atom is -0.508 e. The van der Waals surface area contributed by atoms with Crippen molar-refractivity contribution in [2.45, 2.75) is 16.6 Å². The van der Waals surface area contributed by atoms with Gasteiger partial charge in [0.05, 0.1) is 0 Å². The van der Waals surface area contributed by atoms with Crippen molar-refractivity contribution in [2.75, 3.05) is 6.61 Å². The Morgan fingerprint density at radius 3 is 2.54 bits per heavy atom. The molecule has 1 saturated carbocycles. The molecule has 70 valence electrons. The highest BCUT2D eigenvalue weighted by atomic mass is 32.2. The van der Waals surface area contributed by atoms with Crippen molar-refractivity contribution in [1.82, 2.24) is 0 Å². The zero-order valence-electron chi connectivity index (χ0n) is 7.18. The molecule has 0 aromatic heterocycles. The van der Waals surface area contributed by atoms with Crippen molar-refractivity contribution in [3.63, 3.8) is 0 Å². The standard InChI is InChI=1S/C10H12O2S/c11-6-7-5-10(7)13-9-3-1-8(12)2-4-9/h1-4,7,10-12H,5-6H2. The summed E-state index contributed by atoms with van der Waals surface area (Å²) in [6, 6.07) is 7.21. The quantitative estimate of drug-likeness (QED) is 0.775. The highest BCUT2D eigenvalue weighted by Crippen LogP contribution is 2.44. The fourth-order valence-corrected chi connectivity index (χ4v) is 2.52. The van der Waals surface area contributed by atoms with Crippen molar-refractivity contribution in [1.29, 1.82) is 0 Å². The van der Waals surface area contributed by atoms with E-state index < -0.39 is 0 Å². The Morgan fingerprint density at radius 1 is 1.31 bits per heavy atom. The summed E-state index contributed by atoms with van der Waals surface area (Å²) in [6.07, 6.45) is 1.11. The molecule has 1 aliphatic carbocycles. The van der Waals surface area contributed by atoms with E-state index in [4.69, 9.17) is 10.2 Å². The van der Waals surface area contributed by atoms with Crippen LogP contribution in [0.25, 0.3) is 0 Å². The van der Waals surface area contributed by atoms with E-state index in [1.165, 1.54) is 4.90 Å². The van der Waals surface area contributed by atoms with Gasteiger partial charge >= 0.3 is 0 Å². The third-order valence-electron chi connectivity index (χ3n) is 2.22. The highest BCUT2D eigenvalue weighted by Gasteiger charge is 2.36. The average molecular weight is 196 g/mol. The lowest BCUT2D eigenvalue weighted by Gasteiger charge is -1.99. The predicted molar refractivity (Wildman–Crippen MR) is 52.9 cm³/mol. The molecule has 2 rings (SSSR count). The lowest BCUT2D eigenvalue weighted by atomic mass is 10.3. The molecule has 0 saturated heterocycles. The van der Waals surface area contributed by atoms with Crippen molar-refractivity contribution in [3.8, 4) is 5.75 Å². The average Bonchev–Trinajstić information content (AvgIpc) is 2.88. The molecule has 0 radical (unpaired) electrons. The fourth-order valence-electron chi connectivity index (χ4n) is 1.26.